The zero-order chi connectivity index (χ0) is 18.2. The van der Waals surface area contributed by atoms with Crippen LogP contribution in [0.5, 0.6) is 17.2 Å². The molecule has 0 heterocycles. The summed E-state index contributed by atoms with van der Waals surface area (Å²) in [7, 11) is 0. The molecule has 0 saturated carbocycles. The van der Waals surface area contributed by atoms with Crippen LogP contribution in [0.4, 0.5) is 0 Å². The Morgan fingerprint density at radius 2 is 1.79 bits per heavy atom. The van der Waals surface area contributed by atoms with Crippen LogP contribution < -0.4 is 4.74 Å². The molecule has 0 fully saturated rings. The predicted molar refractivity (Wildman–Crippen MR) is 95.2 cm³/mol. The monoisotopic (exact) mass is 368 g/mol. The Bertz CT molecular complexity index is 813. The normalized spacial score (nSPS) is 11.0. The van der Waals surface area contributed by atoms with Crippen molar-refractivity contribution in [3.8, 4) is 17.2 Å². The van der Waals surface area contributed by atoms with Gasteiger partial charge in [-0.05, 0) is 49.1 Å². The number of hydrogen-bond acceptors (Lipinski definition) is 3. The Morgan fingerprint density at radius 1 is 1.17 bits per heavy atom. The zero-order valence-corrected chi connectivity index (χ0v) is 15.3. The van der Waals surface area contributed by atoms with Gasteiger partial charge in [0.2, 0.25) is 0 Å². The molecular weight excluding hydrogens is 351 g/mol. The Labute approximate surface area is 150 Å². The van der Waals surface area contributed by atoms with E-state index in [1.807, 2.05) is 13.8 Å². The van der Waals surface area contributed by atoms with Crippen LogP contribution in [0, 0.1) is 13.8 Å². The summed E-state index contributed by atoms with van der Waals surface area (Å²) < 4.78 is 5.81. The quantitative estimate of drug-likeness (QED) is 0.701. The second-order valence-electron chi connectivity index (χ2n) is 5.91. The van der Waals surface area contributed by atoms with Crippen LogP contribution in [0.25, 0.3) is 0 Å². The molecule has 0 spiro atoms. The Morgan fingerprint density at radius 3 is 2.33 bits per heavy atom. The van der Waals surface area contributed by atoms with Crippen molar-refractivity contribution in [2.75, 3.05) is 0 Å². The Balaban J connectivity index is 2.53. The molecule has 2 rings (SSSR count). The molecule has 0 bridgehead atoms. The fourth-order valence-corrected chi connectivity index (χ4v) is 2.93. The Hall–Kier alpha value is -1.91. The van der Waals surface area contributed by atoms with Crippen molar-refractivity contribution in [1.82, 2.24) is 0 Å². The number of halogens is 2. The molecular formula is C18H18Cl2O4. The lowest BCUT2D eigenvalue weighted by Crippen LogP contribution is -2.02. The highest BCUT2D eigenvalue weighted by molar-refractivity contribution is 6.38. The van der Waals surface area contributed by atoms with Gasteiger partial charge in [0.25, 0.3) is 0 Å². The van der Waals surface area contributed by atoms with Crippen molar-refractivity contribution >= 4 is 29.2 Å². The van der Waals surface area contributed by atoms with Gasteiger partial charge in [-0.3, -0.25) is 0 Å². The smallest absolute Gasteiger partial charge is 0.336 e. The molecule has 0 unspecified atom stereocenters. The van der Waals surface area contributed by atoms with Crippen molar-refractivity contribution in [2.24, 2.45) is 0 Å². The number of rotatable bonds is 4. The van der Waals surface area contributed by atoms with Gasteiger partial charge in [0, 0.05) is 5.56 Å². The fraction of sp³-hybridized carbons (Fsp3) is 0.278. The molecule has 4 nitrogen and oxygen atoms in total. The number of phenols is 1. The summed E-state index contributed by atoms with van der Waals surface area (Å²) in [5, 5.41) is 19.6. The number of carboxylic acids is 1. The highest BCUT2D eigenvalue weighted by atomic mass is 35.5. The maximum Gasteiger partial charge on any atom is 0.336 e. The van der Waals surface area contributed by atoms with E-state index in [0.717, 1.165) is 5.56 Å². The second-order valence-corrected chi connectivity index (χ2v) is 6.70. The van der Waals surface area contributed by atoms with Crippen LogP contribution in [0.3, 0.4) is 0 Å². The van der Waals surface area contributed by atoms with E-state index >= 15 is 0 Å². The van der Waals surface area contributed by atoms with Crippen molar-refractivity contribution in [3.05, 3.63) is 50.5 Å². The fourth-order valence-electron chi connectivity index (χ4n) is 2.40. The highest BCUT2D eigenvalue weighted by Crippen LogP contribution is 2.42. The molecule has 2 N–H and O–H groups in total. The van der Waals surface area contributed by atoms with Crippen LogP contribution in [-0.2, 0) is 0 Å². The molecule has 0 amide bonds. The van der Waals surface area contributed by atoms with Crippen LogP contribution >= 0.6 is 23.2 Å². The lowest BCUT2D eigenvalue weighted by atomic mass is 9.99. The van der Waals surface area contributed by atoms with Crippen LogP contribution in [0.15, 0.2) is 18.2 Å². The van der Waals surface area contributed by atoms with Crippen molar-refractivity contribution < 1.29 is 19.7 Å². The summed E-state index contributed by atoms with van der Waals surface area (Å²) >= 11 is 12.4. The van der Waals surface area contributed by atoms with E-state index in [1.54, 1.807) is 26.0 Å². The number of aryl methyl sites for hydroxylation is 1. The van der Waals surface area contributed by atoms with Gasteiger partial charge >= 0.3 is 5.97 Å². The predicted octanol–water partition coefficient (Wildman–Crippen LogP) is 5.93. The average Bonchev–Trinajstić information content (AvgIpc) is 2.49. The molecule has 0 radical (unpaired) electrons. The van der Waals surface area contributed by atoms with Crippen molar-refractivity contribution in [1.29, 1.82) is 0 Å². The van der Waals surface area contributed by atoms with Crippen LogP contribution in [0.2, 0.25) is 10.0 Å². The van der Waals surface area contributed by atoms with E-state index < -0.39 is 5.97 Å². The second kappa shape index (κ2) is 6.91. The molecule has 128 valence electrons. The molecule has 0 atom stereocenters. The van der Waals surface area contributed by atoms with E-state index in [1.165, 1.54) is 6.07 Å². The van der Waals surface area contributed by atoms with E-state index in [-0.39, 0.29) is 33.0 Å². The van der Waals surface area contributed by atoms with Gasteiger partial charge in [0.05, 0.1) is 15.6 Å². The van der Waals surface area contributed by atoms with Crippen molar-refractivity contribution in [2.45, 2.75) is 33.6 Å². The summed E-state index contributed by atoms with van der Waals surface area (Å²) in [5.74, 6) is -0.104. The largest absolute Gasteiger partial charge is 0.507 e. The Kier molecular flexibility index (Phi) is 5.31. The molecule has 24 heavy (non-hydrogen) atoms. The van der Waals surface area contributed by atoms with Crippen molar-refractivity contribution in [3.63, 3.8) is 0 Å². The molecule has 0 saturated heterocycles. The standard InChI is InChI=1S/C18H18Cl2O4/c1-8(2)12-6-11(5-9(3)16(12)21)24-17-14(19)7-13(18(22)23)10(4)15(17)20/h5-8,21H,1-4H3,(H,22,23). The first-order chi connectivity index (χ1) is 11.1. The third-order valence-electron chi connectivity index (χ3n) is 3.80. The number of carbonyl (C=O) groups is 1. The topological polar surface area (TPSA) is 66.8 Å². The third kappa shape index (κ3) is 3.45. The van der Waals surface area contributed by atoms with Gasteiger partial charge in [-0.15, -0.1) is 0 Å². The SMILES string of the molecule is Cc1cc(Oc2c(Cl)cc(C(=O)O)c(C)c2Cl)cc(C(C)C)c1O. The maximum atomic E-state index is 11.2. The number of ether oxygens (including phenoxy) is 1. The van der Waals surface area contributed by atoms with Crippen LogP contribution in [0.1, 0.15) is 46.8 Å². The van der Waals surface area contributed by atoms with Gasteiger partial charge in [0.15, 0.2) is 5.75 Å². The molecule has 2 aromatic carbocycles. The molecule has 6 heteroatoms. The number of benzene rings is 2. The number of phenolic OH excluding ortho intramolecular Hbond substituents is 1. The number of carboxylic acid groups (broad SMARTS) is 1. The van der Waals surface area contributed by atoms with Gasteiger partial charge in [-0.1, -0.05) is 37.0 Å². The zero-order valence-electron chi connectivity index (χ0n) is 13.8. The van der Waals surface area contributed by atoms with E-state index in [4.69, 9.17) is 27.9 Å². The summed E-state index contributed by atoms with van der Waals surface area (Å²) in [6, 6.07) is 4.71. The number of aromatic hydroxyl groups is 1. The summed E-state index contributed by atoms with van der Waals surface area (Å²) in [5.41, 5.74) is 1.82. The molecule has 0 aliphatic rings. The first-order valence-electron chi connectivity index (χ1n) is 7.36. The first-order valence-corrected chi connectivity index (χ1v) is 8.12. The summed E-state index contributed by atoms with van der Waals surface area (Å²) in [4.78, 5) is 11.2. The molecule has 0 aromatic heterocycles. The first kappa shape index (κ1) is 18.4. The van der Waals surface area contributed by atoms with E-state index in [9.17, 15) is 15.0 Å². The van der Waals surface area contributed by atoms with E-state index in [2.05, 4.69) is 0 Å². The minimum Gasteiger partial charge on any atom is -0.507 e. The minimum atomic E-state index is -1.11. The number of hydrogen-bond donors (Lipinski definition) is 2. The van der Waals surface area contributed by atoms with Gasteiger partial charge in [-0.2, -0.15) is 0 Å². The lowest BCUT2D eigenvalue weighted by molar-refractivity contribution is 0.0696. The van der Waals surface area contributed by atoms with Gasteiger partial charge in [0.1, 0.15) is 11.5 Å². The maximum absolute atomic E-state index is 11.2. The molecule has 2 aromatic rings. The molecule has 0 aliphatic carbocycles. The third-order valence-corrected chi connectivity index (χ3v) is 4.53. The highest BCUT2D eigenvalue weighted by Gasteiger charge is 2.20. The summed E-state index contributed by atoms with van der Waals surface area (Å²) in [6.45, 7) is 7.29. The minimum absolute atomic E-state index is 0.0297. The molecule has 0 aliphatic heterocycles. The average molecular weight is 369 g/mol. The van der Waals surface area contributed by atoms with Gasteiger partial charge < -0.3 is 14.9 Å². The van der Waals surface area contributed by atoms with Crippen LogP contribution in [-0.4, -0.2) is 16.2 Å². The van der Waals surface area contributed by atoms with Gasteiger partial charge in [-0.25, -0.2) is 4.79 Å². The number of aromatic carboxylic acids is 1. The summed E-state index contributed by atoms with van der Waals surface area (Å²) in [6.07, 6.45) is 0. The lowest BCUT2D eigenvalue weighted by Gasteiger charge is -2.16. The van der Waals surface area contributed by atoms with E-state index in [0.29, 0.717) is 16.9 Å².